The largest absolute Gasteiger partial charge is 0.308 e. The quantitative estimate of drug-likeness (QED) is 0.564. The molecule has 112 valence electrons. The Bertz CT molecular complexity index is 415. The summed E-state index contributed by atoms with van der Waals surface area (Å²) in [6, 6.07) is 7.46. The number of hydrogen-bond donors (Lipinski definition) is 1. The number of hydrogen-bond acceptors (Lipinski definition) is 3. The van der Waals surface area contributed by atoms with Crippen LogP contribution >= 0.6 is 0 Å². The molecule has 1 aromatic carbocycles. The van der Waals surface area contributed by atoms with Crippen LogP contribution in [0.15, 0.2) is 24.3 Å². The van der Waals surface area contributed by atoms with Gasteiger partial charge in [-0.1, -0.05) is 38.8 Å². The van der Waals surface area contributed by atoms with E-state index in [-0.39, 0.29) is 16.7 Å². The lowest BCUT2D eigenvalue weighted by Crippen LogP contribution is -2.28. The van der Waals surface area contributed by atoms with Crippen LogP contribution in [0.4, 0.5) is 5.69 Å². The fraction of sp³-hybridized carbons (Fsp3) is 0.625. The number of rotatable bonds is 8. The van der Waals surface area contributed by atoms with Crippen molar-refractivity contribution < 1.29 is 4.92 Å². The maximum absolute atomic E-state index is 10.6. The maximum Gasteiger partial charge on any atom is 0.269 e. The van der Waals surface area contributed by atoms with E-state index >= 15 is 0 Å². The Balaban J connectivity index is 2.45. The zero-order valence-electron chi connectivity index (χ0n) is 12.9. The highest BCUT2D eigenvalue weighted by Gasteiger charge is 2.11. The molecule has 2 unspecified atom stereocenters. The lowest BCUT2D eigenvalue weighted by molar-refractivity contribution is -0.384. The molecule has 1 aromatic rings. The van der Waals surface area contributed by atoms with Crippen LogP contribution in [0.3, 0.4) is 0 Å². The summed E-state index contributed by atoms with van der Waals surface area (Å²) in [5, 5.41) is 14.2. The highest BCUT2D eigenvalue weighted by Crippen LogP contribution is 2.18. The summed E-state index contributed by atoms with van der Waals surface area (Å²) in [5.74, 6) is 0.759. The van der Waals surface area contributed by atoms with Gasteiger partial charge in [-0.15, -0.1) is 0 Å². The number of nitrogens with one attached hydrogen (secondary N) is 1. The molecule has 4 heteroatoms. The van der Waals surface area contributed by atoms with Gasteiger partial charge < -0.3 is 5.32 Å². The van der Waals surface area contributed by atoms with Gasteiger partial charge >= 0.3 is 0 Å². The molecule has 0 bridgehead atoms. The smallest absolute Gasteiger partial charge is 0.269 e. The van der Waals surface area contributed by atoms with Crippen LogP contribution < -0.4 is 5.32 Å². The zero-order chi connectivity index (χ0) is 15.1. The molecule has 4 nitrogen and oxygen atoms in total. The van der Waals surface area contributed by atoms with E-state index < -0.39 is 0 Å². The first-order valence-electron chi connectivity index (χ1n) is 7.40. The van der Waals surface area contributed by atoms with Gasteiger partial charge in [0.15, 0.2) is 0 Å². The average molecular weight is 278 g/mol. The zero-order valence-corrected chi connectivity index (χ0v) is 12.9. The van der Waals surface area contributed by atoms with E-state index in [9.17, 15) is 10.1 Å². The molecule has 0 amide bonds. The number of nitro groups is 1. The molecule has 2 atom stereocenters. The topological polar surface area (TPSA) is 55.2 Å². The molecule has 0 saturated heterocycles. The summed E-state index contributed by atoms with van der Waals surface area (Å²) in [5.41, 5.74) is 1.23. The summed E-state index contributed by atoms with van der Waals surface area (Å²) in [7, 11) is 0. The van der Waals surface area contributed by atoms with Gasteiger partial charge in [-0.25, -0.2) is 0 Å². The van der Waals surface area contributed by atoms with E-state index in [4.69, 9.17) is 0 Å². The standard InChI is InChI=1S/C16H26N2O2/c1-12(2)6-5-7-13(3)17-14(4)15-8-10-16(11-9-15)18(19)20/h8-14,17H,5-7H2,1-4H3. The molecule has 0 spiro atoms. The van der Waals surface area contributed by atoms with Gasteiger partial charge in [0.25, 0.3) is 5.69 Å². The second-order valence-electron chi connectivity index (χ2n) is 5.96. The molecule has 0 saturated carbocycles. The normalized spacial score (nSPS) is 14.2. The second-order valence-corrected chi connectivity index (χ2v) is 5.96. The van der Waals surface area contributed by atoms with Gasteiger partial charge in [0.2, 0.25) is 0 Å². The lowest BCUT2D eigenvalue weighted by atomic mass is 10.0. The Morgan fingerprint density at radius 1 is 1.10 bits per heavy atom. The van der Waals surface area contributed by atoms with Gasteiger partial charge in [-0.05, 0) is 31.7 Å². The van der Waals surface area contributed by atoms with E-state index in [0.29, 0.717) is 6.04 Å². The van der Waals surface area contributed by atoms with E-state index in [1.165, 1.54) is 12.8 Å². The SMILES string of the molecule is CC(C)CCCC(C)NC(C)c1ccc([N+](=O)[O-])cc1. The summed E-state index contributed by atoms with van der Waals surface area (Å²) in [4.78, 5) is 10.3. The third kappa shape index (κ3) is 5.70. The molecule has 0 heterocycles. The van der Waals surface area contributed by atoms with Crippen LogP contribution in [0, 0.1) is 16.0 Å². The fourth-order valence-electron chi connectivity index (χ4n) is 2.32. The number of nitrogens with zero attached hydrogens (tertiary/aromatic N) is 1. The van der Waals surface area contributed by atoms with Crippen molar-refractivity contribution in [2.24, 2.45) is 5.92 Å². The van der Waals surface area contributed by atoms with Gasteiger partial charge in [0, 0.05) is 24.2 Å². The number of benzene rings is 1. The molecular weight excluding hydrogens is 252 g/mol. The van der Waals surface area contributed by atoms with Gasteiger partial charge in [-0.3, -0.25) is 10.1 Å². The predicted molar refractivity (Wildman–Crippen MR) is 82.8 cm³/mol. The van der Waals surface area contributed by atoms with Crippen molar-refractivity contribution in [2.75, 3.05) is 0 Å². The molecule has 0 aliphatic carbocycles. The lowest BCUT2D eigenvalue weighted by Gasteiger charge is -2.20. The summed E-state index contributed by atoms with van der Waals surface area (Å²) < 4.78 is 0. The van der Waals surface area contributed by atoms with Crippen LogP contribution in [0.2, 0.25) is 0 Å². The van der Waals surface area contributed by atoms with Crippen molar-refractivity contribution in [3.05, 3.63) is 39.9 Å². The van der Waals surface area contributed by atoms with Crippen LogP contribution in [-0.2, 0) is 0 Å². The van der Waals surface area contributed by atoms with Gasteiger partial charge in [0.1, 0.15) is 0 Å². The van der Waals surface area contributed by atoms with Gasteiger partial charge in [0.05, 0.1) is 4.92 Å². The van der Waals surface area contributed by atoms with E-state index in [1.54, 1.807) is 12.1 Å². The van der Waals surface area contributed by atoms with Crippen molar-refractivity contribution in [3.8, 4) is 0 Å². The van der Waals surface area contributed by atoms with Crippen LogP contribution in [0.25, 0.3) is 0 Å². The van der Waals surface area contributed by atoms with Crippen LogP contribution in [0.1, 0.15) is 58.6 Å². The molecule has 0 aromatic heterocycles. The average Bonchev–Trinajstić information content (AvgIpc) is 2.38. The highest BCUT2D eigenvalue weighted by atomic mass is 16.6. The van der Waals surface area contributed by atoms with Crippen molar-refractivity contribution in [1.82, 2.24) is 5.32 Å². The predicted octanol–water partition coefficient (Wildman–Crippen LogP) is 4.46. The first-order chi connectivity index (χ1) is 9.40. The van der Waals surface area contributed by atoms with Crippen LogP contribution in [-0.4, -0.2) is 11.0 Å². The summed E-state index contributed by atoms with van der Waals surface area (Å²) >= 11 is 0. The third-order valence-electron chi connectivity index (χ3n) is 3.56. The number of non-ortho nitro benzene ring substituents is 1. The van der Waals surface area contributed by atoms with E-state index in [1.807, 2.05) is 12.1 Å². The Morgan fingerprint density at radius 2 is 1.70 bits per heavy atom. The summed E-state index contributed by atoms with van der Waals surface area (Å²) in [6.07, 6.45) is 3.66. The molecule has 20 heavy (non-hydrogen) atoms. The van der Waals surface area contributed by atoms with Crippen molar-refractivity contribution in [3.63, 3.8) is 0 Å². The van der Waals surface area contributed by atoms with E-state index in [2.05, 4.69) is 33.0 Å². The Kier molecular flexibility index (Phi) is 6.65. The molecule has 0 aliphatic rings. The first-order valence-corrected chi connectivity index (χ1v) is 7.40. The minimum Gasteiger partial charge on any atom is -0.308 e. The molecule has 1 N–H and O–H groups in total. The Labute approximate surface area is 121 Å². The molecule has 0 aliphatic heterocycles. The first kappa shape index (κ1) is 16.6. The number of nitro benzene ring substituents is 1. The fourth-order valence-corrected chi connectivity index (χ4v) is 2.32. The van der Waals surface area contributed by atoms with Crippen LogP contribution in [0.5, 0.6) is 0 Å². The van der Waals surface area contributed by atoms with Crippen molar-refractivity contribution in [1.29, 1.82) is 0 Å². The Hall–Kier alpha value is -1.42. The Morgan fingerprint density at radius 3 is 2.20 bits per heavy atom. The minimum absolute atomic E-state index is 0.144. The van der Waals surface area contributed by atoms with Gasteiger partial charge in [-0.2, -0.15) is 0 Å². The monoisotopic (exact) mass is 278 g/mol. The second kappa shape index (κ2) is 8.00. The van der Waals surface area contributed by atoms with Crippen molar-refractivity contribution >= 4 is 5.69 Å². The molecule has 0 radical (unpaired) electrons. The third-order valence-corrected chi connectivity index (χ3v) is 3.56. The maximum atomic E-state index is 10.6. The molecule has 0 fully saturated rings. The minimum atomic E-state index is -0.365. The van der Waals surface area contributed by atoms with E-state index in [0.717, 1.165) is 17.9 Å². The molecular formula is C16H26N2O2. The van der Waals surface area contributed by atoms with Crippen molar-refractivity contribution in [2.45, 2.75) is 59.0 Å². The molecule has 1 rings (SSSR count). The summed E-state index contributed by atoms with van der Waals surface area (Å²) in [6.45, 7) is 8.79. The highest BCUT2D eigenvalue weighted by molar-refractivity contribution is 5.34.